The molecule has 0 bridgehead atoms. The molecule has 0 atom stereocenters. The van der Waals surface area contributed by atoms with E-state index in [0.717, 1.165) is 4.47 Å². The second kappa shape index (κ2) is 5.74. The maximum absolute atomic E-state index is 11.5. The summed E-state index contributed by atoms with van der Waals surface area (Å²) >= 11 is 9.26. The van der Waals surface area contributed by atoms with E-state index in [-0.39, 0.29) is 18.1 Å². The van der Waals surface area contributed by atoms with Crippen LogP contribution in [-0.2, 0) is 4.79 Å². The molecule has 0 saturated heterocycles. The number of amides is 1. The Morgan fingerprint density at radius 1 is 1.47 bits per heavy atom. The standard InChI is InChI=1S/C12H15BrClNO2/c1-12(2,3)15-11(16)7-17-10-5-4-8(13)6-9(10)14/h4-6H,7H2,1-3H3,(H,15,16). The van der Waals surface area contributed by atoms with Gasteiger partial charge in [0, 0.05) is 10.0 Å². The van der Waals surface area contributed by atoms with E-state index >= 15 is 0 Å². The van der Waals surface area contributed by atoms with Crippen LogP contribution in [0, 0.1) is 0 Å². The highest BCUT2D eigenvalue weighted by Gasteiger charge is 2.14. The summed E-state index contributed by atoms with van der Waals surface area (Å²) in [6, 6.07) is 5.25. The van der Waals surface area contributed by atoms with Gasteiger partial charge in [0.15, 0.2) is 6.61 Å². The van der Waals surface area contributed by atoms with Crippen LogP contribution in [0.4, 0.5) is 0 Å². The molecule has 0 aromatic heterocycles. The van der Waals surface area contributed by atoms with E-state index in [0.29, 0.717) is 10.8 Å². The lowest BCUT2D eigenvalue weighted by molar-refractivity contribution is -0.124. The smallest absolute Gasteiger partial charge is 0.258 e. The fourth-order valence-corrected chi connectivity index (χ4v) is 1.92. The third-order valence-corrected chi connectivity index (χ3v) is 2.56. The molecule has 0 unspecified atom stereocenters. The van der Waals surface area contributed by atoms with Crippen LogP contribution in [0.1, 0.15) is 20.8 Å². The zero-order valence-corrected chi connectivity index (χ0v) is 12.4. The van der Waals surface area contributed by atoms with Crippen LogP contribution in [-0.4, -0.2) is 18.1 Å². The maximum Gasteiger partial charge on any atom is 0.258 e. The van der Waals surface area contributed by atoms with Gasteiger partial charge in [-0.1, -0.05) is 27.5 Å². The molecule has 3 nitrogen and oxygen atoms in total. The van der Waals surface area contributed by atoms with Crippen molar-refractivity contribution in [2.75, 3.05) is 6.61 Å². The fourth-order valence-electron chi connectivity index (χ4n) is 1.19. The molecule has 94 valence electrons. The summed E-state index contributed by atoms with van der Waals surface area (Å²) in [5.41, 5.74) is -0.260. The van der Waals surface area contributed by atoms with Crippen molar-refractivity contribution in [3.63, 3.8) is 0 Å². The van der Waals surface area contributed by atoms with Crippen LogP contribution in [0.2, 0.25) is 5.02 Å². The minimum absolute atomic E-state index is 0.0430. The monoisotopic (exact) mass is 319 g/mol. The van der Waals surface area contributed by atoms with Crippen molar-refractivity contribution >= 4 is 33.4 Å². The van der Waals surface area contributed by atoms with Crippen molar-refractivity contribution in [1.82, 2.24) is 5.32 Å². The molecular formula is C12H15BrClNO2. The molecular weight excluding hydrogens is 305 g/mol. The van der Waals surface area contributed by atoms with Crippen LogP contribution in [0.15, 0.2) is 22.7 Å². The first-order valence-electron chi connectivity index (χ1n) is 5.17. The summed E-state index contributed by atoms with van der Waals surface area (Å²) in [5, 5.41) is 3.28. The van der Waals surface area contributed by atoms with Gasteiger partial charge in [-0.25, -0.2) is 0 Å². The average molecular weight is 321 g/mol. The first kappa shape index (κ1) is 14.3. The molecule has 1 aromatic rings. The van der Waals surface area contributed by atoms with E-state index in [1.165, 1.54) is 0 Å². The highest BCUT2D eigenvalue weighted by Crippen LogP contribution is 2.27. The maximum atomic E-state index is 11.5. The molecule has 1 aromatic carbocycles. The Balaban J connectivity index is 2.53. The first-order chi connectivity index (χ1) is 7.78. The van der Waals surface area contributed by atoms with E-state index < -0.39 is 0 Å². The van der Waals surface area contributed by atoms with Gasteiger partial charge in [-0.3, -0.25) is 4.79 Å². The number of nitrogens with one attached hydrogen (secondary N) is 1. The number of rotatable bonds is 3. The molecule has 0 saturated carbocycles. The summed E-state index contributed by atoms with van der Waals surface area (Å²) in [4.78, 5) is 11.5. The van der Waals surface area contributed by atoms with Crippen LogP contribution in [0.3, 0.4) is 0 Å². The number of hydrogen-bond donors (Lipinski definition) is 1. The fraction of sp³-hybridized carbons (Fsp3) is 0.417. The molecule has 1 N–H and O–H groups in total. The number of ether oxygens (including phenoxy) is 1. The lowest BCUT2D eigenvalue weighted by atomic mass is 10.1. The zero-order chi connectivity index (χ0) is 13.1. The van der Waals surface area contributed by atoms with Crippen molar-refractivity contribution in [1.29, 1.82) is 0 Å². The van der Waals surface area contributed by atoms with E-state index in [9.17, 15) is 4.79 Å². The Morgan fingerprint density at radius 2 is 2.12 bits per heavy atom. The molecule has 0 spiro atoms. The van der Waals surface area contributed by atoms with Gasteiger partial charge in [0.2, 0.25) is 0 Å². The molecule has 1 rings (SSSR count). The van der Waals surface area contributed by atoms with Gasteiger partial charge in [0.05, 0.1) is 5.02 Å². The topological polar surface area (TPSA) is 38.3 Å². The Kier molecular flexibility index (Phi) is 4.83. The van der Waals surface area contributed by atoms with Crippen molar-refractivity contribution in [2.45, 2.75) is 26.3 Å². The first-order valence-corrected chi connectivity index (χ1v) is 6.34. The number of halogens is 2. The quantitative estimate of drug-likeness (QED) is 0.927. The molecule has 5 heteroatoms. The number of carbonyl (C=O) groups excluding carboxylic acids is 1. The Bertz CT molecular complexity index is 415. The minimum Gasteiger partial charge on any atom is -0.482 e. The molecule has 0 fully saturated rings. The number of hydrogen-bond acceptors (Lipinski definition) is 2. The lowest BCUT2D eigenvalue weighted by Crippen LogP contribution is -2.43. The molecule has 0 aliphatic heterocycles. The third kappa shape index (κ3) is 5.41. The van der Waals surface area contributed by atoms with Crippen LogP contribution < -0.4 is 10.1 Å². The molecule has 0 radical (unpaired) electrons. The van der Waals surface area contributed by atoms with Crippen LogP contribution in [0.25, 0.3) is 0 Å². The summed E-state index contributed by atoms with van der Waals surface area (Å²) in [5.74, 6) is 0.329. The van der Waals surface area contributed by atoms with E-state index in [1.807, 2.05) is 26.8 Å². The van der Waals surface area contributed by atoms with Gasteiger partial charge in [-0.2, -0.15) is 0 Å². The second-order valence-corrected chi connectivity index (χ2v) is 5.98. The molecule has 0 aliphatic rings. The molecule has 0 aliphatic carbocycles. The van der Waals surface area contributed by atoms with Crippen molar-refractivity contribution in [2.24, 2.45) is 0 Å². The van der Waals surface area contributed by atoms with Gasteiger partial charge in [-0.15, -0.1) is 0 Å². The zero-order valence-electron chi connectivity index (χ0n) is 10.0. The normalized spacial score (nSPS) is 11.1. The lowest BCUT2D eigenvalue weighted by Gasteiger charge is -2.20. The van der Waals surface area contributed by atoms with Gasteiger partial charge in [0.25, 0.3) is 5.91 Å². The summed E-state index contributed by atoms with van der Waals surface area (Å²) in [6.07, 6.45) is 0. The summed E-state index contributed by atoms with van der Waals surface area (Å²) in [6.45, 7) is 5.70. The van der Waals surface area contributed by atoms with Crippen molar-refractivity contribution in [3.05, 3.63) is 27.7 Å². The Hall–Kier alpha value is -0.740. The highest BCUT2D eigenvalue weighted by atomic mass is 79.9. The van der Waals surface area contributed by atoms with Gasteiger partial charge >= 0.3 is 0 Å². The van der Waals surface area contributed by atoms with Crippen LogP contribution >= 0.6 is 27.5 Å². The van der Waals surface area contributed by atoms with Gasteiger partial charge in [-0.05, 0) is 39.0 Å². The predicted octanol–water partition coefficient (Wildman–Crippen LogP) is 3.40. The number of carbonyl (C=O) groups is 1. The Labute approximate surface area is 115 Å². The third-order valence-electron chi connectivity index (χ3n) is 1.77. The van der Waals surface area contributed by atoms with Crippen molar-refractivity contribution < 1.29 is 9.53 Å². The Morgan fingerprint density at radius 3 is 2.65 bits per heavy atom. The number of benzene rings is 1. The molecule has 17 heavy (non-hydrogen) atoms. The van der Waals surface area contributed by atoms with E-state index in [2.05, 4.69) is 21.2 Å². The molecule has 1 amide bonds. The summed E-state index contributed by atoms with van der Waals surface area (Å²) < 4.78 is 6.20. The molecule has 0 heterocycles. The van der Waals surface area contributed by atoms with Crippen molar-refractivity contribution in [3.8, 4) is 5.75 Å². The summed E-state index contributed by atoms with van der Waals surface area (Å²) in [7, 11) is 0. The van der Waals surface area contributed by atoms with Gasteiger partial charge < -0.3 is 10.1 Å². The minimum atomic E-state index is -0.260. The van der Waals surface area contributed by atoms with Crippen LogP contribution in [0.5, 0.6) is 5.75 Å². The average Bonchev–Trinajstić information content (AvgIpc) is 2.13. The van der Waals surface area contributed by atoms with E-state index in [4.69, 9.17) is 16.3 Å². The van der Waals surface area contributed by atoms with E-state index in [1.54, 1.807) is 12.1 Å². The highest BCUT2D eigenvalue weighted by molar-refractivity contribution is 9.10. The SMILES string of the molecule is CC(C)(C)NC(=O)COc1ccc(Br)cc1Cl. The predicted molar refractivity (Wildman–Crippen MR) is 72.5 cm³/mol. The second-order valence-electron chi connectivity index (χ2n) is 4.66. The van der Waals surface area contributed by atoms with Gasteiger partial charge in [0.1, 0.15) is 5.75 Å². The largest absolute Gasteiger partial charge is 0.482 e.